The highest BCUT2D eigenvalue weighted by Gasteiger charge is 2.29. The van der Waals surface area contributed by atoms with Gasteiger partial charge in [-0.05, 0) is 88.2 Å². The van der Waals surface area contributed by atoms with Gasteiger partial charge in [0, 0.05) is 39.0 Å². The molecule has 0 spiro atoms. The van der Waals surface area contributed by atoms with Gasteiger partial charge in [-0.25, -0.2) is 0 Å². The smallest absolute Gasteiger partial charge is 0.109 e. The molecule has 6 heteroatoms. The summed E-state index contributed by atoms with van der Waals surface area (Å²) < 4.78 is 5.37. The molecule has 1 aromatic rings. The first kappa shape index (κ1) is 31.2. The third-order valence-electron chi connectivity index (χ3n) is 7.14. The van der Waals surface area contributed by atoms with Crippen molar-refractivity contribution in [1.82, 2.24) is 20.5 Å². The minimum absolute atomic E-state index is 0.394. The number of nitrogens with zero attached hydrogens (tertiary/aromatic N) is 2. The lowest BCUT2D eigenvalue weighted by Crippen LogP contribution is -2.40. The molecule has 0 radical (unpaired) electrons. The summed E-state index contributed by atoms with van der Waals surface area (Å²) in [5.41, 5.74) is 4.20. The molecular weight excluding hydrogens is 458 g/mol. The van der Waals surface area contributed by atoms with Gasteiger partial charge in [-0.15, -0.1) is 0 Å². The number of anilines is 1. The van der Waals surface area contributed by atoms with Crippen molar-refractivity contribution >= 4 is 11.4 Å². The second-order valence-electron chi connectivity index (χ2n) is 11.0. The summed E-state index contributed by atoms with van der Waals surface area (Å²) in [6.45, 7) is 20.3. The first-order chi connectivity index (χ1) is 18.0. The molecular formula is C31H55N5O. The van der Waals surface area contributed by atoms with E-state index in [9.17, 15) is 0 Å². The van der Waals surface area contributed by atoms with Crippen molar-refractivity contribution < 1.29 is 4.74 Å². The Kier molecular flexibility index (Phi) is 15.4. The molecule has 0 unspecified atom stereocenters. The van der Waals surface area contributed by atoms with E-state index < -0.39 is 0 Å². The van der Waals surface area contributed by atoms with Gasteiger partial charge in [0.1, 0.15) is 5.69 Å². The fourth-order valence-electron chi connectivity index (χ4n) is 4.69. The van der Waals surface area contributed by atoms with Crippen molar-refractivity contribution in [3.8, 4) is 0 Å². The summed E-state index contributed by atoms with van der Waals surface area (Å²) in [5, 5.41) is 10.3. The van der Waals surface area contributed by atoms with E-state index in [0.717, 1.165) is 49.3 Å². The number of rotatable bonds is 10. The topological polar surface area (TPSA) is 61.5 Å². The number of piperidine rings is 2. The Hall–Kier alpha value is -2.05. The van der Waals surface area contributed by atoms with E-state index in [2.05, 4.69) is 65.8 Å². The number of nitrogens with one attached hydrogen (secondary N) is 3. The SMILES string of the molecule is C1CCNCC1.C=C(NCC(C)C)c1ncc(CCC)cc1NC1CC(OC)C1.C=CN1CCCCC1. The lowest BCUT2D eigenvalue weighted by molar-refractivity contribution is 0.0328. The average Bonchev–Trinajstić information content (AvgIpc) is 2.91. The quantitative estimate of drug-likeness (QED) is 0.345. The zero-order chi connectivity index (χ0) is 26.9. The predicted octanol–water partition coefficient (Wildman–Crippen LogP) is 6.22. The molecule has 3 heterocycles. The molecule has 37 heavy (non-hydrogen) atoms. The van der Waals surface area contributed by atoms with Gasteiger partial charge in [-0.2, -0.15) is 0 Å². The zero-order valence-corrected chi connectivity index (χ0v) is 24.3. The fraction of sp³-hybridized carbons (Fsp3) is 0.710. The van der Waals surface area contributed by atoms with E-state index in [4.69, 9.17) is 4.74 Å². The number of hydrogen-bond acceptors (Lipinski definition) is 6. The Morgan fingerprint density at radius 3 is 2.32 bits per heavy atom. The predicted molar refractivity (Wildman–Crippen MR) is 160 cm³/mol. The molecule has 0 amide bonds. The van der Waals surface area contributed by atoms with Gasteiger partial charge in [0.05, 0.1) is 17.5 Å². The Bertz CT molecular complexity index is 753. The van der Waals surface area contributed by atoms with Crippen LogP contribution in [-0.2, 0) is 11.2 Å². The maximum atomic E-state index is 5.37. The molecule has 2 saturated heterocycles. The van der Waals surface area contributed by atoms with Gasteiger partial charge in [0.2, 0.25) is 0 Å². The number of methoxy groups -OCH3 is 1. The van der Waals surface area contributed by atoms with Crippen LogP contribution in [0.2, 0.25) is 0 Å². The van der Waals surface area contributed by atoms with Crippen molar-refractivity contribution in [2.75, 3.05) is 45.2 Å². The standard InChI is InChI=1S/C19H31N3O.C7H13N.C5H11N/c1-6-7-15-8-18(22-16-9-17(10-16)23-5)19(21-12-15)14(4)20-11-13(2)3;1-2-8-6-4-3-5-7-8;1-2-4-6-5-3-1/h8,12-13,16-17,20,22H,4,6-7,9-11H2,1-3,5H3;2H,1,3-7H2;6H,1-5H2. The molecule has 3 fully saturated rings. The summed E-state index contributed by atoms with van der Waals surface area (Å²) in [6.07, 6.45) is 16.9. The molecule has 1 aliphatic carbocycles. The van der Waals surface area contributed by atoms with Gasteiger partial charge >= 0.3 is 0 Å². The van der Waals surface area contributed by atoms with E-state index in [1.54, 1.807) is 7.11 Å². The Labute approximate surface area is 227 Å². The first-order valence-electron chi connectivity index (χ1n) is 14.8. The second-order valence-corrected chi connectivity index (χ2v) is 11.0. The van der Waals surface area contributed by atoms with E-state index in [1.807, 2.05) is 12.4 Å². The number of likely N-dealkylation sites (tertiary alicyclic amines) is 1. The van der Waals surface area contributed by atoms with Crippen LogP contribution in [0.15, 0.2) is 31.6 Å². The zero-order valence-electron chi connectivity index (χ0n) is 24.3. The number of aryl methyl sites for hydroxylation is 1. The third kappa shape index (κ3) is 12.4. The summed E-state index contributed by atoms with van der Waals surface area (Å²) in [4.78, 5) is 6.95. The van der Waals surface area contributed by atoms with Gasteiger partial charge in [-0.3, -0.25) is 4.98 Å². The lowest BCUT2D eigenvalue weighted by Gasteiger charge is -2.35. The second kappa shape index (κ2) is 18.2. The van der Waals surface area contributed by atoms with Crippen molar-refractivity contribution in [2.45, 2.75) is 97.1 Å². The van der Waals surface area contributed by atoms with Crippen LogP contribution < -0.4 is 16.0 Å². The molecule has 0 aromatic carbocycles. The van der Waals surface area contributed by atoms with Gasteiger partial charge in [-0.1, -0.05) is 46.8 Å². The van der Waals surface area contributed by atoms with E-state index >= 15 is 0 Å². The Morgan fingerprint density at radius 1 is 1.16 bits per heavy atom. The van der Waals surface area contributed by atoms with Crippen LogP contribution >= 0.6 is 0 Å². The molecule has 0 bridgehead atoms. The number of hydrogen-bond donors (Lipinski definition) is 3. The van der Waals surface area contributed by atoms with Crippen LogP contribution in [0.25, 0.3) is 5.70 Å². The largest absolute Gasteiger partial charge is 0.383 e. The molecule has 4 rings (SSSR count). The maximum absolute atomic E-state index is 5.37. The average molecular weight is 514 g/mol. The molecule has 3 aliphatic rings. The first-order valence-corrected chi connectivity index (χ1v) is 14.8. The van der Waals surface area contributed by atoms with Crippen LogP contribution in [0.3, 0.4) is 0 Å². The number of ether oxygens (including phenoxy) is 1. The highest BCUT2D eigenvalue weighted by atomic mass is 16.5. The monoisotopic (exact) mass is 513 g/mol. The number of pyridine rings is 1. The van der Waals surface area contributed by atoms with Gasteiger partial charge in [0.15, 0.2) is 0 Å². The highest BCUT2D eigenvalue weighted by molar-refractivity contribution is 5.71. The van der Waals surface area contributed by atoms with Gasteiger partial charge < -0.3 is 25.6 Å². The molecule has 1 saturated carbocycles. The third-order valence-corrected chi connectivity index (χ3v) is 7.14. The summed E-state index contributed by atoms with van der Waals surface area (Å²) in [5.74, 6) is 0.580. The minimum atomic E-state index is 0.394. The van der Waals surface area contributed by atoms with E-state index in [-0.39, 0.29) is 0 Å². The van der Waals surface area contributed by atoms with Crippen molar-refractivity contribution in [3.63, 3.8) is 0 Å². The van der Waals surface area contributed by atoms with Crippen LogP contribution in [0.5, 0.6) is 0 Å². The lowest BCUT2D eigenvalue weighted by atomic mass is 9.89. The molecule has 210 valence electrons. The highest BCUT2D eigenvalue weighted by Crippen LogP contribution is 2.29. The van der Waals surface area contributed by atoms with Crippen LogP contribution in [0, 0.1) is 5.92 Å². The minimum Gasteiger partial charge on any atom is -0.383 e. The molecule has 0 atom stereocenters. The molecule has 2 aliphatic heterocycles. The molecule has 1 aromatic heterocycles. The van der Waals surface area contributed by atoms with E-state index in [1.165, 1.54) is 70.3 Å². The van der Waals surface area contributed by atoms with Crippen LogP contribution in [0.4, 0.5) is 5.69 Å². The van der Waals surface area contributed by atoms with Crippen molar-refractivity contribution in [1.29, 1.82) is 0 Å². The number of aromatic nitrogens is 1. The maximum Gasteiger partial charge on any atom is 0.109 e. The van der Waals surface area contributed by atoms with Crippen molar-refractivity contribution in [2.24, 2.45) is 5.92 Å². The Balaban J connectivity index is 0.000000277. The summed E-state index contributed by atoms with van der Waals surface area (Å²) in [6, 6.07) is 2.70. The summed E-state index contributed by atoms with van der Waals surface area (Å²) >= 11 is 0. The van der Waals surface area contributed by atoms with E-state index in [0.29, 0.717) is 18.1 Å². The fourth-order valence-corrected chi connectivity index (χ4v) is 4.69. The van der Waals surface area contributed by atoms with Crippen LogP contribution in [0.1, 0.15) is 89.8 Å². The summed E-state index contributed by atoms with van der Waals surface area (Å²) in [7, 11) is 1.79. The Morgan fingerprint density at radius 2 is 1.84 bits per heavy atom. The van der Waals surface area contributed by atoms with Crippen LogP contribution in [-0.4, -0.2) is 61.9 Å². The van der Waals surface area contributed by atoms with Gasteiger partial charge in [0.25, 0.3) is 0 Å². The van der Waals surface area contributed by atoms with Crippen molar-refractivity contribution in [3.05, 3.63) is 42.9 Å². The molecule has 6 nitrogen and oxygen atoms in total. The normalized spacial score (nSPS) is 20.9. The molecule has 3 N–H and O–H groups in total.